The van der Waals surface area contributed by atoms with Gasteiger partial charge in [-0.2, -0.15) is 5.26 Å². The van der Waals surface area contributed by atoms with E-state index in [9.17, 15) is 0 Å². The minimum atomic E-state index is 0.210. The average Bonchev–Trinajstić information content (AvgIpc) is 3.14. The Balaban J connectivity index is 1.71. The zero-order chi connectivity index (χ0) is 18.2. The number of nitriles is 1. The summed E-state index contributed by atoms with van der Waals surface area (Å²) in [6.45, 7) is 0. The van der Waals surface area contributed by atoms with E-state index >= 15 is 0 Å². The largest absolute Gasteiger partial charge is 0.333 e. The van der Waals surface area contributed by atoms with Gasteiger partial charge in [0.15, 0.2) is 0 Å². The fourth-order valence-electron chi connectivity index (χ4n) is 4.09. The number of pyridine rings is 1. The van der Waals surface area contributed by atoms with E-state index in [1.807, 2.05) is 36.7 Å². The molecular weight excluding hydrogens is 330 g/mol. The van der Waals surface area contributed by atoms with E-state index in [1.54, 1.807) is 0 Å². The van der Waals surface area contributed by atoms with Gasteiger partial charge in [-0.15, -0.1) is 0 Å². The molecule has 0 bridgehead atoms. The molecule has 0 spiro atoms. The van der Waals surface area contributed by atoms with Crippen molar-refractivity contribution < 1.29 is 0 Å². The molecular formula is C24H17N3. The first-order chi connectivity index (χ1) is 13.3. The highest BCUT2D eigenvalue weighted by atomic mass is 15.2. The summed E-state index contributed by atoms with van der Waals surface area (Å²) in [5.41, 5.74) is 5.64. The first-order valence-corrected chi connectivity index (χ1v) is 9.05. The van der Waals surface area contributed by atoms with Crippen molar-refractivity contribution in [3.8, 4) is 6.07 Å². The summed E-state index contributed by atoms with van der Waals surface area (Å²) >= 11 is 0. The lowest BCUT2D eigenvalue weighted by Gasteiger charge is -2.28. The van der Waals surface area contributed by atoms with Crippen molar-refractivity contribution in [2.45, 2.75) is 12.5 Å². The van der Waals surface area contributed by atoms with Crippen molar-refractivity contribution in [1.82, 2.24) is 4.98 Å². The van der Waals surface area contributed by atoms with Crippen molar-refractivity contribution in [1.29, 1.82) is 5.26 Å². The van der Waals surface area contributed by atoms with Gasteiger partial charge < -0.3 is 4.90 Å². The highest BCUT2D eigenvalue weighted by Gasteiger charge is 2.32. The van der Waals surface area contributed by atoms with Crippen LogP contribution in [0.25, 0.3) is 10.8 Å². The molecule has 0 amide bonds. The number of hydrogen-bond donors (Lipinski definition) is 0. The Bertz CT molecular complexity index is 1160. The van der Waals surface area contributed by atoms with Crippen LogP contribution in [0.3, 0.4) is 0 Å². The van der Waals surface area contributed by atoms with Crippen LogP contribution in [0.5, 0.6) is 0 Å². The molecule has 1 aliphatic heterocycles. The number of nitrogens with zero attached hydrogens (tertiary/aromatic N) is 3. The van der Waals surface area contributed by atoms with Crippen molar-refractivity contribution in [3.05, 3.63) is 102 Å². The molecule has 3 heteroatoms. The maximum Gasteiger partial charge on any atom is 0.0991 e. The van der Waals surface area contributed by atoms with E-state index in [1.165, 1.54) is 27.6 Å². The normalized spacial score (nSPS) is 15.5. The molecule has 0 radical (unpaired) electrons. The van der Waals surface area contributed by atoms with E-state index in [0.29, 0.717) is 5.56 Å². The third-order valence-electron chi connectivity index (χ3n) is 5.35. The highest BCUT2D eigenvalue weighted by molar-refractivity contribution is 5.93. The van der Waals surface area contributed by atoms with Gasteiger partial charge in [-0.25, -0.2) is 0 Å². The lowest BCUT2D eigenvalue weighted by molar-refractivity contribution is 0.743. The molecule has 0 fully saturated rings. The van der Waals surface area contributed by atoms with Crippen molar-refractivity contribution >= 4 is 22.1 Å². The Hall–Kier alpha value is -3.64. The average molecular weight is 347 g/mol. The zero-order valence-electron chi connectivity index (χ0n) is 14.7. The van der Waals surface area contributed by atoms with Crippen LogP contribution in [0.15, 0.2) is 85.2 Å². The van der Waals surface area contributed by atoms with Gasteiger partial charge in [0.25, 0.3) is 0 Å². The Morgan fingerprint density at radius 1 is 0.889 bits per heavy atom. The van der Waals surface area contributed by atoms with Gasteiger partial charge in [0.2, 0.25) is 0 Å². The molecule has 1 aliphatic rings. The summed E-state index contributed by atoms with van der Waals surface area (Å²) < 4.78 is 0. The summed E-state index contributed by atoms with van der Waals surface area (Å²) in [6.07, 6.45) is 4.65. The summed E-state index contributed by atoms with van der Waals surface area (Å²) in [7, 11) is 0. The second-order valence-corrected chi connectivity index (χ2v) is 6.81. The van der Waals surface area contributed by atoms with E-state index in [-0.39, 0.29) is 6.04 Å². The number of rotatable bonds is 2. The van der Waals surface area contributed by atoms with Crippen molar-refractivity contribution in [2.75, 3.05) is 4.90 Å². The second kappa shape index (κ2) is 6.26. The van der Waals surface area contributed by atoms with Crippen LogP contribution in [0.4, 0.5) is 11.4 Å². The van der Waals surface area contributed by atoms with Crippen LogP contribution >= 0.6 is 0 Å². The Morgan fingerprint density at radius 2 is 1.67 bits per heavy atom. The number of aromatic nitrogens is 1. The number of fused-ring (bicyclic) bond motifs is 3. The van der Waals surface area contributed by atoms with Crippen molar-refractivity contribution in [2.24, 2.45) is 0 Å². The predicted molar refractivity (Wildman–Crippen MR) is 108 cm³/mol. The highest BCUT2D eigenvalue weighted by Crippen LogP contribution is 2.47. The summed E-state index contributed by atoms with van der Waals surface area (Å²) in [5, 5.41) is 11.7. The molecule has 128 valence electrons. The van der Waals surface area contributed by atoms with Crippen molar-refractivity contribution in [3.63, 3.8) is 0 Å². The van der Waals surface area contributed by atoms with E-state index in [4.69, 9.17) is 5.26 Å². The number of anilines is 2. The monoisotopic (exact) mass is 347 g/mol. The zero-order valence-corrected chi connectivity index (χ0v) is 14.7. The minimum Gasteiger partial charge on any atom is -0.333 e. The molecule has 2 heterocycles. The van der Waals surface area contributed by atoms with Crippen LogP contribution in [-0.2, 0) is 6.42 Å². The Kier molecular flexibility index (Phi) is 3.62. The number of hydrogen-bond acceptors (Lipinski definition) is 3. The van der Waals surface area contributed by atoms with Crippen LogP contribution < -0.4 is 4.90 Å². The first kappa shape index (κ1) is 15.6. The quantitative estimate of drug-likeness (QED) is 0.478. The molecule has 1 unspecified atom stereocenters. The van der Waals surface area contributed by atoms with Gasteiger partial charge in [-0.05, 0) is 70.8 Å². The van der Waals surface area contributed by atoms with E-state index in [0.717, 1.165) is 12.1 Å². The summed E-state index contributed by atoms with van der Waals surface area (Å²) in [5.74, 6) is 0. The minimum absolute atomic E-state index is 0.210. The molecule has 4 aromatic rings. The molecule has 3 aromatic carbocycles. The lowest BCUT2D eigenvalue weighted by atomic mass is 9.99. The summed E-state index contributed by atoms with van der Waals surface area (Å²) in [6, 6.07) is 27.4. The second-order valence-electron chi connectivity index (χ2n) is 6.81. The van der Waals surface area contributed by atoms with Crippen LogP contribution in [0, 0.1) is 11.3 Å². The first-order valence-electron chi connectivity index (χ1n) is 9.05. The Morgan fingerprint density at radius 3 is 2.44 bits per heavy atom. The van der Waals surface area contributed by atoms with Crippen LogP contribution in [0.1, 0.15) is 22.7 Å². The van der Waals surface area contributed by atoms with Gasteiger partial charge in [0.1, 0.15) is 0 Å². The van der Waals surface area contributed by atoms with Gasteiger partial charge >= 0.3 is 0 Å². The molecule has 0 aliphatic carbocycles. The Labute approximate surface area is 158 Å². The third-order valence-corrected chi connectivity index (χ3v) is 5.35. The topological polar surface area (TPSA) is 39.9 Å². The molecule has 27 heavy (non-hydrogen) atoms. The van der Waals surface area contributed by atoms with Crippen LogP contribution in [0.2, 0.25) is 0 Å². The van der Waals surface area contributed by atoms with Gasteiger partial charge in [-0.1, -0.05) is 30.3 Å². The maximum atomic E-state index is 9.13. The van der Waals surface area contributed by atoms with Gasteiger partial charge in [0.05, 0.1) is 17.7 Å². The molecule has 1 aromatic heterocycles. The van der Waals surface area contributed by atoms with E-state index < -0.39 is 0 Å². The fourth-order valence-corrected chi connectivity index (χ4v) is 4.09. The molecule has 0 saturated carbocycles. The number of benzene rings is 3. The maximum absolute atomic E-state index is 9.13. The van der Waals surface area contributed by atoms with Gasteiger partial charge in [-0.3, -0.25) is 4.98 Å². The smallest absolute Gasteiger partial charge is 0.0991 e. The SMILES string of the molecule is N#Cc1ccc(N2c3ccc4ccccc4c3CC2c2ccncc2)cc1. The predicted octanol–water partition coefficient (Wildman–Crippen LogP) is 5.54. The molecule has 1 atom stereocenters. The van der Waals surface area contributed by atoms with E-state index in [2.05, 4.69) is 64.5 Å². The lowest BCUT2D eigenvalue weighted by Crippen LogP contribution is -2.19. The van der Waals surface area contributed by atoms with Crippen LogP contribution in [-0.4, -0.2) is 4.98 Å². The molecule has 0 N–H and O–H groups in total. The molecule has 0 saturated heterocycles. The molecule has 3 nitrogen and oxygen atoms in total. The van der Waals surface area contributed by atoms with Gasteiger partial charge in [0, 0.05) is 23.8 Å². The molecule has 5 rings (SSSR count). The standard InChI is InChI=1S/C24H17N3/c25-16-17-5-8-20(9-6-17)27-23-10-7-18-3-1-2-4-21(18)22(23)15-24(27)19-11-13-26-14-12-19/h1-14,24H,15H2. The third kappa shape index (κ3) is 2.54. The summed E-state index contributed by atoms with van der Waals surface area (Å²) in [4.78, 5) is 6.57. The fraction of sp³-hybridized carbons (Fsp3) is 0.0833.